The molecule has 3 nitrogen and oxygen atoms in total. The van der Waals surface area contributed by atoms with Crippen LogP contribution in [0.5, 0.6) is 0 Å². The Morgan fingerprint density at radius 1 is 0.384 bits per heavy atom. The van der Waals surface area contributed by atoms with Gasteiger partial charge in [0, 0.05) is 36.1 Å². The van der Waals surface area contributed by atoms with E-state index in [2.05, 4.69) is 67.6 Å². The van der Waals surface area contributed by atoms with Gasteiger partial charge in [0.15, 0.2) is 0 Å². The molecule has 0 spiro atoms. The van der Waals surface area contributed by atoms with E-state index in [1.54, 1.807) is 265 Å². The first-order valence-corrected chi connectivity index (χ1v) is 35.8. The topological polar surface area (TPSA) is 43.1 Å². The maximum absolute atomic E-state index is 13.4. The molecule has 30 aromatic carbocycles. The maximum Gasteiger partial charge on any atom is 0.286 e. The van der Waals surface area contributed by atoms with Crippen molar-refractivity contribution >= 4 is 316 Å². The second-order valence-corrected chi connectivity index (χ2v) is 37.0. The summed E-state index contributed by atoms with van der Waals surface area (Å²) in [6.45, 7) is 7.27. The predicted molar refractivity (Wildman–Crippen MR) is 366 cm³/mol. The number of nitro benzene ring substituents is 1. The van der Waals surface area contributed by atoms with E-state index in [0.717, 1.165) is 11.3 Å². The fourth-order valence-electron chi connectivity index (χ4n) is 25.7. The first-order chi connectivity index (χ1) is 42.3. The molecular formula is C81H21NO2SSi. The van der Waals surface area contributed by atoms with Gasteiger partial charge in [0.05, 0.1) is 10.3 Å². The van der Waals surface area contributed by atoms with Crippen LogP contribution in [0.15, 0.2) is 47.4 Å². The van der Waals surface area contributed by atoms with Crippen LogP contribution in [-0.2, 0) is 5.41 Å². The Kier molecular flexibility index (Phi) is 3.93. The van der Waals surface area contributed by atoms with Gasteiger partial charge in [-0.05, 0) is 361 Å². The van der Waals surface area contributed by atoms with Crippen LogP contribution in [-0.4, -0.2) is 18.8 Å². The van der Waals surface area contributed by atoms with E-state index in [1.165, 1.54) is 65.2 Å². The van der Waals surface area contributed by atoms with Crippen molar-refractivity contribution < 1.29 is 4.92 Å². The zero-order chi connectivity index (χ0) is 53.4. The fraction of sp³-hybridized carbons (Fsp3) is 0.0864. The quantitative estimate of drug-likeness (QED) is 0.0431. The van der Waals surface area contributed by atoms with Crippen LogP contribution in [0.3, 0.4) is 0 Å². The lowest BCUT2D eigenvalue weighted by Gasteiger charge is -2.41. The molecular weight excluding hydrogens is 1080 g/mol. The van der Waals surface area contributed by atoms with Crippen molar-refractivity contribution in [2.45, 2.75) is 41.9 Å². The molecule has 86 heavy (non-hydrogen) atoms. The summed E-state index contributed by atoms with van der Waals surface area (Å²) in [4.78, 5) is 14.4. The molecule has 0 amide bonds. The van der Waals surface area contributed by atoms with Crippen LogP contribution in [0.25, 0.3) is 291 Å². The van der Waals surface area contributed by atoms with E-state index in [1.807, 2.05) is 23.9 Å². The minimum atomic E-state index is -1.12. The normalized spacial score (nSPS) is 18.8. The number of nitrogens with zero attached hydrogens (tertiary/aromatic N) is 1. The van der Waals surface area contributed by atoms with Gasteiger partial charge >= 0.3 is 0 Å². The van der Waals surface area contributed by atoms with E-state index < -0.39 is 13.5 Å². The Morgan fingerprint density at radius 3 is 1.00 bits per heavy atom. The Bertz CT molecular complexity index is 8190. The van der Waals surface area contributed by atoms with Crippen molar-refractivity contribution in [2.24, 2.45) is 0 Å². The second-order valence-electron chi connectivity index (χ2n) is 30.2. The largest absolute Gasteiger partial charge is 0.286 e. The molecule has 0 atom stereocenters. The van der Waals surface area contributed by atoms with Crippen molar-refractivity contribution in [1.82, 2.24) is 0 Å². The van der Waals surface area contributed by atoms with Crippen LogP contribution in [0.1, 0.15) is 44.9 Å². The van der Waals surface area contributed by atoms with Crippen LogP contribution < -0.4 is 0 Å². The third kappa shape index (κ3) is 2.45. The Balaban J connectivity index is 0.830. The lowest BCUT2D eigenvalue weighted by atomic mass is 9.57. The van der Waals surface area contributed by atoms with Gasteiger partial charge in [0.1, 0.15) is 5.56 Å². The van der Waals surface area contributed by atoms with Crippen LogP contribution >= 0.6 is 11.8 Å². The summed E-state index contributed by atoms with van der Waals surface area (Å²) in [6, 6.07) is 15.3. The van der Waals surface area contributed by atoms with Gasteiger partial charge in [0.25, 0.3) is 5.69 Å². The average molecular weight is 1100 g/mol. The summed E-state index contributed by atoms with van der Waals surface area (Å²) in [7, 11) is -1.12. The monoisotopic (exact) mass is 1100 g/mol. The number of thioether (sulfide) groups is 1. The van der Waals surface area contributed by atoms with E-state index in [9.17, 15) is 10.1 Å². The van der Waals surface area contributed by atoms with Gasteiger partial charge in [-0.3, -0.25) is 10.1 Å². The minimum absolute atomic E-state index is 0.0149. The molecule has 4 aliphatic rings. The number of benzene rings is 20. The van der Waals surface area contributed by atoms with Gasteiger partial charge < -0.3 is 0 Å². The Labute approximate surface area is 481 Å². The molecule has 34 rings (SSSR count). The highest BCUT2D eigenvalue weighted by atomic mass is 32.2. The molecule has 5 heteroatoms. The van der Waals surface area contributed by atoms with Gasteiger partial charge in [-0.1, -0.05) is 43.3 Å². The number of rotatable bonds is 5. The molecule has 0 heterocycles. The summed E-state index contributed by atoms with van der Waals surface area (Å²) in [5, 5.41) is 97.9. The fourth-order valence-corrected chi connectivity index (χ4v) is 29.1. The van der Waals surface area contributed by atoms with Crippen molar-refractivity contribution in [3.05, 3.63) is 91.5 Å². The van der Waals surface area contributed by atoms with Gasteiger partial charge in [-0.15, -0.1) is 11.8 Å². The van der Waals surface area contributed by atoms with Gasteiger partial charge in [0.2, 0.25) is 0 Å². The van der Waals surface area contributed by atoms with E-state index in [0.29, 0.717) is 11.1 Å². The first-order valence-electron chi connectivity index (χ1n) is 31.1. The third-order valence-corrected chi connectivity index (χ3v) is 30.2. The van der Waals surface area contributed by atoms with Crippen molar-refractivity contribution in [3.63, 3.8) is 0 Å². The molecule has 0 radical (unpaired) electrons. The van der Waals surface area contributed by atoms with E-state index >= 15 is 0 Å². The van der Waals surface area contributed by atoms with Crippen molar-refractivity contribution in [3.8, 4) is 23.7 Å². The molecule has 4 aliphatic carbocycles. The Morgan fingerprint density at radius 2 is 0.674 bits per heavy atom. The summed E-state index contributed by atoms with van der Waals surface area (Å²) < 4.78 is 0. The van der Waals surface area contributed by atoms with E-state index in [4.69, 9.17) is 0 Å². The smallest absolute Gasteiger partial charge is 0.258 e. The molecule has 372 valence electrons. The lowest BCUT2D eigenvalue weighted by molar-refractivity contribution is -0.385. The summed E-state index contributed by atoms with van der Waals surface area (Å²) in [5.41, 5.74) is 7.28. The number of hydrogen-bond donors (Lipinski definition) is 0. The zero-order valence-electron chi connectivity index (χ0n) is 45.2. The minimum Gasteiger partial charge on any atom is -0.258 e. The zero-order valence-corrected chi connectivity index (χ0v) is 47.0. The summed E-state index contributed by atoms with van der Waals surface area (Å²) >= 11 is 1.90. The molecule has 0 fully saturated rings. The Hall–Kier alpha value is -10.0. The molecule has 0 saturated heterocycles. The lowest BCUT2D eigenvalue weighted by Crippen LogP contribution is -2.36. The SMILES string of the molecule is C[Si](C)(C)CCSc1ccc(C#Cc2ccc(C#CC34c5c6c7c8c9c%10c(c%11c%12c3c3c5c5c%13c6c6c7c7c9c9c%14c%10c%10c%11c%11c%12c%12c3c3c5c5c%13c%13c6c6c7c9c7c9c%14c%10c%10c%11c%11c%12c3c3c5c5c%13c6c7c6c9c%10c%11c3c56)C84)cc2[N+](=O)[O-])cc1. The van der Waals surface area contributed by atoms with E-state index in [-0.39, 0.29) is 16.5 Å². The highest BCUT2D eigenvalue weighted by Crippen LogP contribution is 2.83. The molecule has 0 N–H and O–H groups in total. The van der Waals surface area contributed by atoms with Crippen LogP contribution in [0.4, 0.5) is 5.69 Å². The predicted octanol–water partition coefficient (Wildman–Crippen LogP) is 21.9. The van der Waals surface area contributed by atoms with Crippen molar-refractivity contribution in [2.75, 3.05) is 5.75 Å². The summed E-state index contributed by atoms with van der Waals surface area (Å²) in [6.07, 6.45) is 0. The standard InChI is InChI=1S/C81H21NO2SSi/c1-86(2,3)15-14-85-20-10-6-17(7-11-20)4-8-19-9-5-18(16-21(19)82(83)84)12-13-81-78-74-68-54-46-38-26-23-22-24-27(26)39-41-37-31(24)33-29-25(22)28-32-30(23)36-40(38)52(54)60-58-44(36)42(32)50-48-34(28)35(29)49-51-43(33)45(37)59-61-53(41)55(47(39)46)69(68)75(78)71(61)73-65(59)63(51)67-57(49)56(48)66-62(50)64(58)72(70(60)74)79(81)76(66)77(67)80(73)81/h5-7,9-11,16,78H,14-15H2,1-3H3. The van der Waals surface area contributed by atoms with Gasteiger partial charge in [-0.2, -0.15) is 0 Å². The highest BCUT2D eigenvalue weighted by Gasteiger charge is 2.63. The van der Waals surface area contributed by atoms with Crippen molar-refractivity contribution in [1.29, 1.82) is 0 Å². The second kappa shape index (κ2) is 9.22. The first kappa shape index (κ1) is 36.6. The molecule has 0 aliphatic heterocycles. The molecule has 0 unspecified atom stereocenters. The van der Waals surface area contributed by atoms with Crippen LogP contribution in [0.2, 0.25) is 25.7 Å². The third-order valence-electron chi connectivity index (χ3n) is 27.0. The molecule has 0 saturated carbocycles. The maximum atomic E-state index is 13.4. The average Bonchev–Trinajstić information content (AvgIpc) is 1.39. The molecule has 0 bridgehead atoms. The number of nitro groups is 1. The summed E-state index contributed by atoms with van der Waals surface area (Å²) in [5.74, 6) is 16.1. The molecule has 30 aromatic rings. The number of hydrogen-bond acceptors (Lipinski definition) is 3. The highest BCUT2D eigenvalue weighted by molar-refractivity contribution is 7.99. The van der Waals surface area contributed by atoms with Crippen LogP contribution in [0, 0.1) is 33.8 Å². The molecule has 0 aromatic heterocycles. The van der Waals surface area contributed by atoms with Gasteiger partial charge in [-0.25, -0.2) is 0 Å².